The van der Waals surface area contributed by atoms with Gasteiger partial charge in [-0.05, 0) is 45.0 Å². The number of guanidine groups is 1. The highest BCUT2D eigenvalue weighted by Crippen LogP contribution is 2.41. The number of benzene rings is 2. The van der Waals surface area contributed by atoms with Gasteiger partial charge in [0.25, 0.3) is 0 Å². The zero-order valence-corrected chi connectivity index (χ0v) is 24.3. The Balaban J connectivity index is 2.17. The van der Waals surface area contributed by atoms with Crippen molar-refractivity contribution in [3.63, 3.8) is 0 Å². The molecule has 0 amide bonds. The fourth-order valence-electron chi connectivity index (χ4n) is 4.66. The molecule has 0 spiro atoms. The van der Waals surface area contributed by atoms with Gasteiger partial charge in [-0.2, -0.15) is 4.98 Å². The lowest BCUT2D eigenvalue weighted by Crippen LogP contribution is -2.59. The standard InChI is InChI=1S/C30H39N5O4/c1-21-25(35(8)30(3,28(36)37-9)20-34(7)29(31-4)33(5)6)22(2)27(39-24-18-14-11-15-19-24)32-26(21)38-23-16-12-10-13-17-23/h10-19H,20H2,1-9H3. The second-order valence-corrected chi connectivity index (χ2v) is 9.75. The Morgan fingerprint density at radius 2 is 1.33 bits per heavy atom. The first-order valence-corrected chi connectivity index (χ1v) is 12.7. The van der Waals surface area contributed by atoms with E-state index in [0.29, 0.717) is 29.8 Å². The number of anilines is 1. The molecule has 0 radical (unpaired) electrons. The molecule has 3 rings (SSSR count). The molecule has 3 aromatic rings. The number of pyridine rings is 1. The lowest BCUT2D eigenvalue weighted by atomic mass is 9.96. The summed E-state index contributed by atoms with van der Waals surface area (Å²) >= 11 is 0. The SMILES string of the molecule is CN=C(N(C)C)N(C)CC(C)(C(=O)OC)N(C)c1c(C)c(Oc2ccccc2)nc(Oc2ccccc2)c1C. The number of hydrogen-bond acceptors (Lipinski definition) is 7. The summed E-state index contributed by atoms with van der Waals surface area (Å²) in [6.45, 7) is 6.01. The van der Waals surface area contributed by atoms with E-state index in [-0.39, 0.29) is 0 Å². The van der Waals surface area contributed by atoms with Crippen molar-refractivity contribution >= 4 is 17.6 Å². The maximum atomic E-state index is 13.4. The summed E-state index contributed by atoms with van der Waals surface area (Å²) in [5.74, 6) is 2.37. The van der Waals surface area contributed by atoms with E-state index in [0.717, 1.165) is 22.8 Å². The van der Waals surface area contributed by atoms with E-state index in [4.69, 9.17) is 19.2 Å². The lowest BCUT2D eigenvalue weighted by molar-refractivity contribution is -0.146. The second-order valence-electron chi connectivity index (χ2n) is 9.75. The third-order valence-electron chi connectivity index (χ3n) is 6.66. The van der Waals surface area contributed by atoms with E-state index < -0.39 is 11.5 Å². The summed E-state index contributed by atoms with van der Waals surface area (Å²) in [7, 11) is 10.7. The zero-order chi connectivity index (χ0) is 28.7. The Hall–Kier alpha value is -4.27. The van der Waals surface area contributed by atoms with Gasteiger partial charge in [-0.3, -0.25) is 4.99 Å². The average molecular weight is 534 g/mol. The van der Waals surface area contributed by atoms with Gasteiger partial charge in [-0.1, -0.05) is 36.4 Å². The molecular formula is C30H39N5O4. The number of methoxy groups -OCH3 is 1. The molecule has 0 bridgehead atoms. The van der Waals surface area contributed by atoms with Crippen molar-refractivity contribution in [2.45, 2.75) is 26.3 Å². The number of aliphatic imine (C=N–C) groups is 1. The number of para-hydroxylation sites is 2. The van der Waals surface area contributed by atoms with E-state index in [1.54, 1.807) is 7.05 Å². The number of carbonyl (C=O) groups excluding carboxylic acids is 1. The van der Waals surface area contributed by atoms with Crippen molar-refractivity contribution in [2.24, 2.45) is 4.99 Å². The molecule has 0 aliphatic rings. The van der Waals surface area contributed by atoms with Crippen LogP contribution in [0.1, 0.15) is 18.1 Å². The fraction of sp³-hybridized carbons (Fsp3) is 0.367. The molecule has 9 heteroatoms. The molecular weight excluding hydrogens is 494 g/mol. The highest BCUT2D eigenvalue weighted by Gasteiger charge is 2.43. The number of rotatable bonds is 9. The largest absolute Gasteiger partial charge is 0.467 e. The average Bonchev–Trinajstić information content (AvgIpc) is 2.92. The monoisotopic (exact) mass is 533 g/mol. The normalized spacial score (nSPS) is 12.8. The smallest absolute Gasteiger partial charge is 0.333 e. The van der Waals surface area contributed by atoms with Crippen LogP contribution >= 0.6 is 0 Å². The fourth-order valence-corrected chi connectivity index (χ4v) is 4.66. The minimum Gasteiger partial charge on any atom is -0.467 e. The highest BCUT2D eigenvalue weighted by atomic mass is 16.5. The van der Waals surface area contributed by atoms with Crippen molar-refractivity contribution in [1.29, 1.82) is 0 Å². The number of hydrogen-bond donors (Lipinski definition) is 0. The summed E-state index contributed by atoms with van der Waals surface area (Å²) in [6, 6.07) is 18.9. The quantitative estimate of drug-likeness (QED) is 0.213. The van der Waals surface area contributed by atoms with Crippen molar-refractivity contribution in [3.8, 4) is 23.3 Å². The number of likely N-dealkylation sites (N-methyl/N-ethyl adjacent to an activating group) is 2. The van der Waals surface area contributed by atoms with E-state index in [9.17, 15) is 4.79 Å². The van der Waals surface area contributed by atoms with Gasteiger partial charge in [0.05, 0.1) is 19.3 Å². The van der Waals surface area contributed by atoms with Gasteiger partial charge in [0.1, 0.15) is 11.5 Å². The van der Waals surface area contributed by atoms with E-state index in [1.165, 1.54) is 7.11 Å². The predicted molar refractivity (Wildman–Crippen MR) is 155 cm³/mol. The van der Waals surface area contributed by atoms with E-state index in [2.05, 4.69) is 4.99 Å². The van der Waals surface area contributed by atoms with Gasteiger partial charge in [0, 0.05) is 46.4 Å². The topological polar surface area (TPSA) is 79.7 Å². The molecule has 0 saturated heterocycles. The number of aromatic nitrogens is 1. The predicted octanol–water partition coefficient (Wildman–Crippen LogP) is 5.13. The lowest BCUT2D eigenvalue weighted by Gasteiger charge is -2.42. The summed E-state index contributed by atoms with van der Waals surface area (Å²) in [5, 5.41) is 0. The summed E-state index contributed by atoms with van der Waals surface area (Å²) in [4.78, 5) is 28.3. The Bertz CT molecular complexity index is 1230. The van der Waals surface area contributed by atoms with Crippen LogP contribution in [0.2, 0.25) is 0 Å². The van der Waals surface area contributed by atoms with Crippen LogP contribution in [0.15, 0.2) is 65.7 Å². The van der Waals surface area contributed by atoms with Crippen LogP contribution in [-0.2, 0) is 9.53 Å². The summed E-state index contributed by atoms with van der Waals surface area (Å²) in [5.41, 5.74) is 1.16. The molecule has 208 valence electrons. The van der Waals surface area contributed by atoms with Crippen molar-refractivity contribution in [3.05, 3.63) is 71.8 Å². The molecule has 0 saturated carbocycles. The van der Waals surface area contributed by atoms with Crippen molar-refractivity contribution in [2.75, 3.05) is 53.8 Å². The highest BCUT2D eigenvalue weighted by molar-refractivity contribution is 5.88. The minimum atomic E-state index is -1.11. The molecule has 1 atom stereocenters. The van der Waals surface area contributed by atoms with Gasteiger partial charge in [0.2, 0.25) is 11.8 Å². The summed E-state index contributed by atoms with van der Waals surface area (Å²) < 4.78 is 17.8. The van der Waals surface area contributed by atoms with Crippen LogP contribution in [0.5, 0.6) is 23.3 Å². The minimum absolute atomic E-state index is 0.298. The molecule has 2 aromatic carbocycles. The number of esters is 1. The van der Waals surface area contributed by atoms with Crippen LogP contribution < -0.4 is 14.4 Å². The first-order valence-electron chi connectivity index (χ1n) is 12.7. The molecule has 0 aliphatic heterocycles. The maximum absolute atomic E-state index is 13.4. The van der Waals surface area contributed by atoms with Gasteiger partial charge in [-0.25, -0.2) is 4.79 Å². The molecule has 39 heavy (non-hydrogen) atoms. The molecule has 1 unspecified atom stereocenters. The van der Waals surface area contributed by atoms with Crippen LogP contribution in [0.3, 0.4) is 0 Å². The van der Waals surface area contributed by atoms with Crippen LogP contribution in [0.4, 0.5) is 5.69 Å². The van der Waals surface area contributed by atoms with Crippen LogP contribution in [0, 0.1) is 13.8 Å². The first-order chi connectivity index (χ1) is 18.5. The molecule has 0 aliphatic carbocycles. The molecule has 1 aromatic heterocycles. The Labute approximate surface area is 231 Å². The molecule has 9 nitrogen and oxygen atoms in total. The Kier molecular flexibility index (Phi) is 9.40. The molecule has 0 N–H and O–H groups in total. The Morgan fingerprint density at radius 3 is 1.72 bits per heavy atom. The van der Waals surface area contributed by atoms with Crippen LogP contribution in [0.25, 0.3) is 0 Å². The third-order valence-corrected chi connectivity index (χ3v) is 6.66. The second kappa shape index (κ2) is 12.5. The van der Waals surface area contributed by atoms with Crippen molar-refractivity contribution < 1.29 is 19.0 Å². The van der Waals surface area contributed by atoms with Gasteiger partial charge >= 0.3 is 5.97 Å². The maximum Gasteiger partial charge on any atom is 0.333 e. The van der Waals surface area contributed by atoms with Crippen molar-refractivity contribution in [1.82, 2.24) is 14.8 Å². The molecule has 1 heterocycles. The number of carbonyl (C=O) groups is 1. The van der Waals surface area contributed by atoms with Gasteiger partial charge in [-0.15, -0.1) is 0 Å². The van der Waals surface area contributed by atoms with E-state index in [1.807, 2.05) is 124 Å². The van der Waals surface area contributed by atoms with Crippen LogP contribution in [-0.4, -0.2) is 81.1 Å². The first kappa shape index (κ1) is 29.3. The number of nitrogens with zero attached hydrogens (tertiary/aromatic N) is 5. The number of ether oxygens (including phenoxy) is 3. The zero-order valence-electron chi connectivity index (χ0n) is 24.3. The van der Waals surface area contributed by atoms with E-state index >= 15 is 0 Å². The van der Waals surface area contributed by atoms with Gasteiger partial charge in [0.15, 0.2) is 11.5 Å². The Morgan fingerprint density at radius 1 is 0.872 bits per heavy atom. The third kappa shape index (κ3) is 6.42. The molecule has 0 fully saturated rings. The summed E-state index contributed by atoms with van der Waals surface area (Å²) in [6.07, 6.45) is 0. The van der Waals surface area contributed by atoms with Gasteiger partial charge < -0.3 is 28.9 Å².